The molecular formula is C34H35N3O3. The Bertz CT molecular complexity index is 1530. The van der Waals surface area contributed by atoms with Crippen LogP contribution >= 0.6 is 0 Å². The lowest BCUT2D eigenvalue weighted by molar-refractivity contribution is -0.121. The number of carbonyl (C=O) groups is 1. The predicted molar refractivity (Wildman–Crippen MR) is 159 cm³/mol. The van der Waals surface area contributed by atoms with E-state index in [2.05, 4.69) is 69.6 Å². The number of hydrogen-bond acceptors (Lipinski definition) is 4. The van der Waals surface area contributed by atoms with Crippen LogP contribution in [0.3, 0.4) is 0 Å². The zero-order valence-electron chi connectivity index (χ0n) is 23.0. The van der Waals surface area contributed by atoms with Gasteiger partial charge in [0.15, 0.2) is 0 Å². The Morgan fingerprint density at radius 2 is 1.68 bits per heavy atom. The largest absolute Gasteiger partial charge is 0.497 e. The third-order valence-electron chi connectivity index (χ3n) is 7.12. The summed E-state index contributed by atoms with van der Waals surface area (Å²) in [5.41, 5.74) is 5.49. The van der Waals surface area contributed by atoms with Crippen LogP contribution in [0.25, 0.3) is 10.9 Å². The number of nitrogens with zero attached hydrogens (tertiary/aromatic N) is 2. The number of carbonyl (C=O) groups excluding carboxylic acids is 1. The van der Waals surface area contributed by atoms with E-state index >= 15 is 0 Å². The molecular weight excluding hydrogens is 498 g/mol. The fraction of sp³-hybridized carbons (Fsp3) is 0.235. The quantitative estimate of drug-likeness (QED) is 0.202. The van der Waals surface area contributed by atoms with Gasteiger partial charge in [-0.2, -0.15) is 0 Å². The first-order valence-corrected chi connectivity index (χ1v) is 13.7. The van der Waals surface area contributed by atoms with Crippen LogP contribution in [0.15, 0.2) is 103 Å². The predicted octanol–water partition coefficient (Wildman–Crippen LogP) is 6.37. The third-order valence-corrected chi connectivity index (χ3v) is 7.12. The lowest BCUT2D eigenvalue weighted by atomic mass is 9.88. The average molecular weight is 534 g/mol. The van der Waals surface area contributed by atoms with E-state index in [0.717, 1.165) is 45.8 Å². The van der Waals surface area contributed by atoms with Gasteiger partial charge in [-0.25, -0.2) is 0 Å². The van der Waals surface area contributed by atoms with E-state index in [1.54, 1.807) is 13.3 Å². The van der Waals surface area contributed by atoms with Gasteiger partial charge in [-0.05, 0) is 66.1 Å². The van der Waals surface area contributed by atoms with Crippen molar-refractivity contribution in [3.05, 3.63) is 126 Å². The van der Waals surface area contributed by atoms with Gasteiger partial charge in [0.05, 0.1) is 13.7 Å². The normalized spacial score (nSPS) is 11.8. The number of para-hydroxylation sites is 1. The highest BCUT2D eigenvalue weighted by atomic mass is 16.5. The first-order valence-electron chi connectivity index (χ1n) is 13.7. The molecule has 1 amide bonds. The van der Waals surface area contributed by atoms with E-state index in [1.165, 1.54) is 5.56 Å². The summed E-state index contributed by atoms with van der Waals surface area (Å²) < 4.78 is 13.3. The second kappa shape index (κ2) is 13.0. The zero-order chi connectivity index (χ0) is 27.7. The maximum Gasteiger partial charge on any atom is 0.220 e. The third kappa shape index (κ3) is 6.52. The highest BCUT2D eigenvalue weighted by Gasteiger charge is 2.23. The summed E-state index contributed by atoms with van der Waals surface area (Å²) in [5, 5.41) is 4.27. The fourth-order valence-corrected chi connectivity index (χ4v) is 5.12. The van der Waals surface area contributed by atoms with Crippen molar-refractivity contribution in [1.29, 1.82) is 0 Å². The van der Waals surface area contributed by atoms with Crippen molar-refractivity contribution in [2.75, 3.05) is 20.3 Å². The Morgan fingerprint density at radius 1 is 0.925 bits per heavy atom. The molecule has 2 heterocycles. The van der Waals surface area contributed by atoms with Gasteiger partial charge in [-0.3, -0.25) is 9.78 Å². The first-order chi connectivity index (χ1) is 19.6. The number of benzene rings is 3. The number of pyridine rings is 1. The summed E-state index contributed by atoms with van der Waals surface area (Å²) in [6.45, 7) is 3.85. The van der Waals surface area contributed by atoms with Crippen LogP contribution in [0, 0.1) is 0 Å². The average Bonchev–Trinajstić information content (AvgIpc) is 3.35. The summed E-state index contributed by atoms with van der Waals surface area (Å²) >= 11 is 0. The minimum atomic E-state index is -0.118. The van der Waals surface area contributed by atoms with Gasteiger partial charge in [0.25, 0.3) is 0 Å². The van der Waals surface area contributed by atoms with E-state index in [-0.39, 0.29) is 11.8 Å². The van der Waals surface area contributed by atoms with E-state index < -0.39 is 0 Å². The zero-order valence-corrected chi connectivity index (χ0v) is 23.0. The molecule has 1 N–H and O–H groups in total. The number of amides is 1. The van der Waals surface area contributed by atoms with Crippen molar-refractivity contribution in [2.45, 2.75) is 32.2 Å². The molecule has 0 fully saturated rings. The molecule has 0 aliphatic heterocycles. The van der Waals surface area contributed by atoms with E-state index in [1.807, 2.05) is 49.4 Å². The van der Waals surface area contributed by atoms with Crippen LogP contribution in [0.1, 0.15) is 41.6 Å². The highest BCUT2D eigenvalue weighted by Crippen LogP contribution is 2.36. The molecule has 2 aromatic heterocycles. The van der Waals surface area contributed by atoms with E-state index in [0.29, 0.717) is 26.0 Å². The van der Waals surface area contributed by atoms with Gasteiger partial charge in [0.2, 0.25) is 5.91 Å². The summed E-state index contributed by atoms with van der Waals surface area (Å²) in [7, 11) is 1.68. The minimum Gasteiger partial charge on any atom is -0.497 e. The van der Waals surface area contributed by atoms with Crippen LogP contribution in [-0.4, -0.2) is 35.7 Å². The summed E-state index contributed by atoms with van der Waals surface area (Å²) in [4.78, 5) is 17.6. The van der Waals surface area contributed by atoms with Crippen LogP contribution in [0.2, 0.25) is 0 Å². The number of rotatable bonds is 12. The monoisotopic (exact) mass is 533 g/mol. The van der Waals surface area contributed by atoms with Crippen LogP contribution in [-0.2, 0) is 17.8 Å². The second-order valence-electron chi connectivity index (χ2n) is 9.76. The van der Waals surface area contributed by atoms with Crippen molar-refractivity contribution >= 4 is 16.8 Å². The Kier molecular flexibility index (Phi) is 8.76. The SMILES string of the molecule is CCOc1ccc([C@@H](CC(=O)NCCc2ccccn2)c2cn(Cc3ccc(OC)cc3)c3ccccc23)cc1. The number of aromatic nitrogens is 2. The number of nitrogens with one attached hydrogen (secondary N) is 1. The van der Waals surface area contributed by atoms with Gasteiger partial charge in [-0.15, -0.1) is 0 Å². The molecule has 0 saturated heterocycles. The van der Waals surface area contributed by atoms with E-state index in [4.69, 9.17) is 9.47 Å². The molecule has 3 aromatic carbocycles. The van der Waals surface area contributed by atoms with Gasteiger partial charge in [0.1, 0.15) is 11.5 Å². The molecule has 40 heavy (non-hydrogen) atoms. The molecule has 204 valence electrons. The molecule has 6 nitrogen and oxygen atoms in total. The van der Waals surface area contributed by atoms with Gasteiger partial charge in [0, 0.05) is 60.8 Å². The molecule has 0 spiro atoms. The van der Waals surface area contributed by atoms with Gasteiger partial charge in [-0.1, -0.05) is 48.5 Å². The van der Waals surface area contributed by atoms with Gasteiger partial charge >= 0.3 is 0 Å². The number of ether oxygens (including phenoxy) is 2. The number of hydrogen-bond donors (Lipinski definition) is 1. The van der Waals surface area contributed by atoms with Gasteiger partial charge < -0.3 is 19.4 Å². The molecule has 6 heteroatoms. The maximum atomic E-state index is 13.3. The van der Waals surface area contributed by atoms with Crippen molar-refractivity contribution in [3.8, 4) is 11.5 Å². The molecule has 0 bridgehead atoms. The van der Waals surface area contributed by atoms with E-state index in [9.17, 15) is 4.79 Å². The topological polar surface area (TPSA) is 65.4 Å². The van der Waals surface area contributed by atoms with Crippen LogP contribution in [0.4, 0.5) is 0 Å². The van der Waals surface area contributed by atoms with Crippen molar-refractivity contribution in [2.24, 2.45) is 0 Å². The summed E-state index contributed by atoms with van der Waals surface area (Å²) in [6.07, 6.45) is 5.02. The second-order valence-corrected chi connectivity index (χ2v) is 9.76. The summed E-state index contributed by atoms with van der Waals surface area (Å²) in [5.74, 6) is 1.56. The fourth-order valence-electron chi connectivity index (χ4n) is 5.12. The first kappa shape index (κ1) is 27.0. The molecule has 0 aliphatic rings. The van der Waals surface area contributed by atoms with Crippen LogP contribution < -0.4 is 14.8 Å². The number of methoxy groups -OCH3 is 1. The molecule has 0 radical (unpaired) electrons. The van der Waals surface area contributed by atoms with Crippen molar-refractivity contribution < 1.29 is 14.3 Å². The molecule has 1 atom stereocenters. The Labute approximate surface area is 235 Å². The molecule has 0 unspecified atom stereocenters. The molecule has 0 aliphatic carbocycles. The van der Waals surface area contributed by atoms with Crippen molar-refractivity contribution in [1.82, 2.24) is 14.9 Å². The minimum absolute atomic E-state index is 0.0156. The molecule has 0 saturated carbocycles. The molecule has 5 rings (SSSR count). The maximum absolute atomic E-state index is 13.3. The van der Waals surface area contributed by atoms with Crippen LogP contribution in [0.5, 0.6) is 11.5 Å². The smallest absolute Gasteiger partial charge is 0.220 e. The highest BCUT2D eigenvalue weighted by molar-refractivity contribution is 5.86. The van der Waals surface area contributed by atoms with Crippen molar-refractivity contribution in [3.63, 3.8) is 0 Å². The Balaban J connectivity index is 1.44. The lowest BCUT2D eigenvalue weighted by Gasteiger charge is -2.18. The number of fused-ring (bicyclic) bond motifs is 1. The Morgan fingerprint density at radius 3 is 2.40 bits per heavy atom. The summed E-state index contributed by atoms with van der Waals surface area (Å²) in [6, 6.07) is 30.5. The molecule has 5 aromatic rings. The Hall–Kier alpha value is -4.58. The lowest BCUT2D eigenvalue weighted by Crippen LogP contribution is -2.27. The standard InChI is InChI=1S/C34H35N3O3/c1-3-40-29-17-13-26(14-18-29)31(22-34(38)36-21-19-27-8-6-7-20-35-27)32-24-37(33-10-5-4-9-30(32)33)23-25-11-15-28(39-2)16-12-25/h4-18,20,24,31H,3,19,21-23H2,1-2H3,(H,36,38)/t31-/m1/s1.